The van der Waals surface area contributed by atoms with E-state index < -0.39 is 10.0 Å². The Morgan fingerprint density at radius 1 is 1.37 bits per heavy atom. The molecule has 0 spiro atoms. The molecule has 0 aliphatic heterocycles. The maximum absolute atomic E-state index is 12.3. The summed E-state index contributed by atoms with van der Waals surface area (Å²) in [6.45, 7) is 1.84. The second kappa shape index (κ2) is 6.44. The molecule has 1 rings (SSSR count). The molecule has 0 aliphatic rings. The number of nitrogen functional groups attached to an aromatic ring is 1. The average molecular weight is 322 g/mol. The molecule has 0 radical (unpaired) electrons. The lowest BCUT2D eigenvalue weighted by atomic mass is 10.3. The Labute approximate surface area is 122 Å². The van der Waals surface area contributed by atoms with Gasteiger partial charge in [0.05, 0.1) is 26.7 Å². The zero-order chi connectivity index (χ0) is 14.6. The Balaban J connectivity index is 3.30. The third kappa shape index (κ3) is 3.51. The molecule has 2 N–H and O–H groups in total. The van der Waals surface area contributed by atoms with Crippen molar-refractivity contribution in [2.24, 2.45) is 0 Å². The van der Waals surface area contributed by atoms with Crippen LogP contribution in [-0.4, -0.2) is 25.8 Å². The van der Waals surface area contributed by atoms with Gasteiger partial charge in [-0.05, 0) is 18.6 Å². The average Bonchev–Trinajstić information content (AvgIpc) is 2.35. The van der Waals surface area contributed by atoms with Crippen LogP contribution in [-0.2, 0) is 10.0 Å². The normalized spacial score (nSPS) is 11.5. The van der Waals surface area contributed by atoms with Gasteiger partial charge in [0.1, 0.15) is 6.54 Å². The predicted octanol–water partition coefficient (Wildman–Crippen LogP) is 2.50. The van der Waals surface area contributed by atoms with Gasteiger partial charge in [-0.3, -0.25) is 0 Å². The lowest BCUT2D eigenvalue weighted by Crippen LogP contribution is -2.32. The number of hydrogen-bond donors (Lipinski definition) is 1. The fourth-order valence-electron chi connectivity index (χ4n) is 1.47. The molecular formula is C11H13Cl2N3O2S. The van der Waals surface area contributed by atoms with E-state index in [1.807, 2.05) is 13.0 Å². The van der Waals surface area contributed by atoms with E-state index in [1.165, 1.54) is 12.1 Å². The molecule has 5 nitrogen and oxygen atoms in total. The number of nitrogens with two attached hydrogens (primary N) is 1. The van der Waals surface area contributed by atoms with Gasteiger partial charge in [-0.1, -0.05) is 30.1 Å². The van der Waals surface area contributed by atoms with Crippen LogP contribution in [0, 0.1) is 11.3 Å². The molecular weight excluding hydrogens is 309 g/mol. The minimum Gasteiger partial charge on any atom is -0.396 e. The largest absolute Gasteiger partial charge is 0.396 e. The highest BCUT2D eigenvalue weighted by Gasteiger charge is 2.25. The van der Waals surface area contributed by atoms with Crippen molar-refractivity contribution in [2.45, 2.75) is 18.2 Å². The van der Waals surface area contributed by atoms with Gasteiger partial charge in [-0.25, -0.2) is 8.42 Å². The van der Waals surface area contributed by atoms with Crippen LogP contribution in [0.1, 0.15) is 13.3 Å². The van der Waals surface area contributed by atoms with Crippen molar-refractivity contribution in [2.75, 3.05) is 18.8 Å². The molecule has 104 valence electrons. The van der Waals surface area contributed by atoms with Crippen LogP contribution in [0.4, 0.5) is 5.69 Å². The van der Waals surface area contributed by atoms with Crippen LogP contribution < -0.4 is 5.73 Å². The van der Waals surface area contributed by atoms with Gasteiger partial charge in [-0.2, -0.15) is 9.57 Å². The van der Waals surface area contributed by atoms with Crippen LogP contribution >= 0.6 is 23.2 Å². The van der Waals surface area contributed by atoms with Gasteiger partial charge in [0.15, 0.2) is 0 Å². The van der Waals surface area contributed by atoms with E-state index in [4.69, 9.17) is 34.2 Å². The lowest BCUT2D eigenvalue weighted by molar-refractivity contribution is 0.444. The summed E-state index contributed by atoms with van der Waals surface area (Å²) in [5, 5.41) is 8.84. The van der Waals surface area contributed by atoms with E-state index >= 15 is 0 Å². The van der Waals surface area contributed by atoms with Crippen molar-refractivity contribution in [1.82, 2.24) is 4.31 Å². The third-order valence-electron chi connectivity index (χ3n) is 2.41. The van der Waals surface area contributed by atoms with Crippen molar-refractivity contribution < 1.29 is 8.42 Å². The number of anilines is 1. The molecule has 19 heavy (non-hydrogen) atoms. The first-order chi connectivity index (χ1) is 8.84. The van der Waals surface area contributed by atoms with Crippen LogP contribution in [0.25, 0.3) is 0 Å². The Morgan fingerprint density at radius 3 is 2.32 bits per heavy atom. The van der Waals surface area contributed by atoms with Gasteiger partial charge in [0.25, 0.3) is 0 Å². The van der Waals surface area contributed by atoms with E-state index in [-0.39, 0.29) is 33.7 Å². The second-order valence-corrected chi connectivity index (χ2v) is 6.55. The molecule has 0 amide bonds. The van der Waals surface area contributed by atoms with Crippen LogP contribution in [0.3, 0.4) is 0 Å². The number of rotatable bonds is 5. The Morgan fingerprint density at radius 2 is 1.89 bits per heavy atom. The summed E-state index contributed by atoms with van der Waals surface area (Å²) < 4.78 is 25.8. The number of nitrogens with zero attached hydrogens (tertiary/aromatic N) is 2. The number of hydrogen-bond acceptors (Lipinski definition) is 4. The highest BCUT2D eigenvalue weighted by molar-refractivity contribution is 7.89. The summed E-state index contributed by atoms with van der Waals surface area (Å²) in [6.07, 6.45) is 0.595. The molecule has 0 aliphatic carbocycles. The summed E-state index contributed by atoms with van der Waals surface area (Å²) >= 11 is 11.7. The van der Waals surface area contributed by atoms with E-state index in [0.29, 0.717) is 6.42 Å². The standard InChI is InChI=1S/C11H13Cl2N3O2S/c1-2-4-16(5-3-14)19(17,18)8-6-9(12)11(15)10(13)7-8/h6-7H,2,4-5,15H2,1H3. The lowest BCUT2D eigenvalue weighted by Gasteiger charge is -2.19. The molecule has 1 aromatic carbocycles. The zero-order valence-corrected chi connectivity index (χ0v) is 12.6. The topological polar surface area (TPSA) is 87.2 Å². The second-order valence-electron chi connectivity index (χ2n) is 3.80. The Kier molecular flexibility index (Phi) is 5.44. The van der Waals surface area contributed by atoms with Crippen LogP contribution in [0.2, 0.25) is 10.0 Å². The van der Waals surface area contributed by atoms with Gasteiger partial charge >= 0.3 is 0 Å². The molecule has 0 aromatic heterocycles. The van der Waals surface area contributed by atoms with E-state index in [1.54, 1.807) is 0 Å². The van der Waals surface area contributed by atoms with Crippen molar-refractivity contribution in [3.63, 3.8) is 0 Å². The summed E-state index contributed by atoms with van der Waals surface area (Å²) in [5.41, 5.74) is 5.69. The molecule has 0 atom stereocenters. The van der Waals surface area contributed by atoms with Crippen molar-refractivity contribution in [3.05, 3.63) is 22.2 Å². The highest BCUT2D eigenvalue weighted by atomic mass is 35.5. The van der Waals surface area contributed by atoms with Crippen LogP contribution in [0.5, 0.6) is 0 Å². The summed E-state index contributed by atoms with van der Waals surface area (Å²) in [4.78, 5) is -0.0691. The number of sulfonamides is 1. The number of nitriles is 1. The summed E-state index contributed by atoms with van der Waals surface area (Å²) in [5.74, 6) is 0. The molecule has 0 saturated carbocycles. The maximum atomic E-state index is 12.3. The molecule has 0 fully saturated rings. The Hall–Kier alpha value is -1.00. The quantitative estimate of drug-likeness (QED) is 0.666. The Bertz CT molecular complexity index is 588. The van der Waals surface area contributed by atoms with Crippen molar-refractivity contribution in [1.29, 1.82) is 5.26 Å². The summed E-state index contributed by atoms with van der Waals surface area (Å²) in [7, 11) is -3.80. The molecule has 1 aromatic rings. The molecule has 0 bridgehead atoms. The van der Waals surface area contributed by atoms with Gasteiger partial charge in [-0.15, -0.1) is 0 Å². The molecule has 0 saturated heterocycles. The monoisotopic (exact) mass is 321 g/mol. The zero-order valence-electron chi connectivity index (χ0n) is 10.2. The van der Waals surface area contributed by atoms with E-state index in [2.05, 4.69) is 0 Å². The smallest absolute Gasteiger partial charge is 0.244 e. The van der Waals surface area contributed by atoms with E-state index in [9.17, 15) is 8.42 Å². The van der Waals surface area contributed by atoms with Gasteiger partial charge < -0.3 is 5.73 Å². The fourth-order valence-corrected chi connectivity index (χ4v) is 3.57. The maximum Gasteiger partial charge on any atom is 0.244 e. The highest BCUT2D eigenvalue weighted by Crippen LogP contribution is 2.31. The first kappa shape index (κ1) is 16.1. The number of benzene rings is 1. The van der Waals surface area contributed by atoms with Gasteiger partial charge in [0, 0.05) is 6.54 Å². The predicted molar refractivity (Wildman–Crippen MR) is 75.5 cm³/mol. The minimum absolute atomic E-state index is 0.0690. The van der Waals surface area contributed by atoms with Crippen molar-refractivity contribution in [3.8, 4) is 6.07 Å². The van der Waals surface area contributed by atoms with Crippen LogP contribution in [0.15, 0.2) is 17.0 Å². The van der Waals surface area contributed by atoms with Crippen molar-refractivity contribution >= 4 is 38.9 Å². The molecule has 0 unspecified atom stereocenters. The first-order valence-corrected chi connectivity index (χ1v) is 7.65. The SMILES string of the molecule is CCCN(CC#N)S(=O)(=O)c1cc(Cl)c(N)c(Cl)c1. The molecule has 8 heteroatoms. The third-order valence-corrected chi connectivity index (χ3v) is 4.86. The minimum atomic E-state index is -3.80. The first-order valence-electron chi connectivity index (χ1n) is 5.46. The summed E-state index contributed by atoms with van der Waals surface area (Å²) in [6, 6.07) is 4.29. The molecule has 0 heterocycles. The fraction of sp³-hybridized carbons (Fsp3) is 0.364. The number of halogens is 2. The van der Waals surface area contributed by atoms with Gasteiger partial charge in [0.2, 0.25) is 10.0 Å². The van der Waals surface area contributed by atoms with E-state index in [0.717, 1.165) is 4.31 Å².